The lowest BCUT2D eigenvalue weighted by atomic mass is 9.82. The van der Waals surface area contributed by atoms with Gasteiger partial charge in [-0.2, -0.15) is 0 Å². The minimum atomic E-state index is -0.0382. The van der Waals surface area contributed by atoms with E-state index in [2.05, 4.69) is 148 Å². The van der Waals surface area contributed by atoms with E-state index < -0.39 is 0 Å². The Morgan fingerprint density at radius 1 is 0.439 bits per heavy atom. The van der Waals surface area contributed by atoms with Crippen LogP contribution >= 0.6 is 0 Å². The Morgan fingerprint density at radius 3 is 1.93 bits per heavy atom. The molecule has 0 aliphatic heterocycles. The SMILES string of the molecule is CC1(C)c2ccccc2-c2ccc(-n3c4ccccc4c4cc5ccc6c(c5cc43)-c3ccccc3C6(C)C)cc21. The van der Waals surface area contributed by atoms with Crippen LogP contribution in [0.3, 0.4) is 0 Å². The van der Waals surface area contributed by atoms with Gasteiger partial charge in [-0.3, -0.25) is 0 Å². The fourth-order valence-electron chi connectivity index (χ4n) is 8.10. The standard InChI is InChI=1S/C40H31N/c1-39(2)33-15-9-6-13-29(33)38-30-23-37-31(21-24(30)17-20-34(38)39)28-12-7-10-16-36(28)41(37)25-18-19-27-26-11-5-8-14-32(26)40(3,4)35(27)22-25/h5-23H,1-4H3. The van der Waals surface area contributed by atoms with Crippen molar-refractivity contribution in [2.75, 3.05) is 0 Å². The van der Waals surface area contributed by atoms with Crippen LogP contribution in [0.4, 0.5) is 0 Å². The molecule has 0 radical (unpaired) electrons. The lowest BCUT2D eigenvalue weighted by Gasteiger charge is -2.22. The summed E-state index contributed by atoms with van der Waals surface area (Å²) < 4.78 is 2.49. The van der Waals surface area contributed by atoms with Gasteiger partial charge in [0.2, 0.25) is 0 Å². The first kappa shape index (κ1) is 23.1. The summed E-state index contributed by atoms with van der Waals surface area (Å²) in [7, 11) is 0. The van der Waals surface area contributed by atoms with Crippen molar-refractivity contribution in [1.29, 1.82) is 0 Å². The summed E-state index contributed by atoms with van der Waals surface area (Å²) in [5, 5.41) is 5.25. The minimum absolute atomic E-state index is 0.0116. The van der Waals surface area contributed by atoms with E-state index in [9.17, 15) is 0 Å². The first-order chi connectivity index (χ1) is 19.9. The Morgan fingerprint density at radius 2 is 1.10 bits per heavy atom. The molecule has 0 unspecified atom stereocenters. The van der Waals surface area contributed by atoms with E-state index in [1.54, 1.807) is 0 Å². The molecule has 1 nitrogen and oxygen atoms in total. The maximum atomic E-state index is 2.49. The predicted octanol–water partition coefficient (Wildman–Crippen LogP) is 10.5. The second-order valence-electron chi connectivity index (χ2n) is 13.0. The van der Waals surface area contributed by atoms with Gasteiger partial charge in [0, 0.05) is 27.3 Å². The molecule has 2 aliphatic rings. The average Bonchev–Trinajstić information content (AvgIpc) is 3.53. The van der Waals surface area contributed by atoms with Gasteiger partial charge in [0.1, 0.15) is 0 Å². The van der Waals surface area contributed by atoms with Crippen molar-refractivity contribution < 1.29 is 0 Å². The Hall–Kier alpha value is -4.62. The van der Waals surface area contributed by atoms with Gasteiger partial charge in [0.15, 0.2) is 0 Å². The van der Waals surface area contributed by atoms with E-state index in [0.29, 0.717) is 0 Å². The fourth-order valence-corrected chi connectivity index (χ4v) is 8.10. The number of para-hydroxylation sites is 1. The number of nitrogens with zero attached hydrogens (tertiary/aromatic N) is 1. The first-order valence-electron chi connectivity index (χ1n) is 14.7. The Labute approximate surface area is 240 Å². The van der Waals surface area contributed by atoms with Crippen molar-refractivity contribution in [3.05, 3.63) is 138 Å². The van der Waals surface area contributed by atoms with Crippen molar-refractivity contribution in [2.24, 2.45) is 0 Å². The van der Waals surface area contributed by atoms with Crippen LogP contribution in [0.5, 0.6) is 0 Å². The van der Waals surface area contributed by atoms with Gasteiger partial charge in [-0.05, 0) is 85.6 Å². The van der Waals surface area contributed by atoms with E-state index in [0.717, 1.165) is 0 Å². The van der Waals surface area contributed by atoms with Crippen molar-refractivity contribution in [1.82, 2.24) is 4.57 Å². The highest BCUT2D eigenvalue weighted by Gasteiger charge is 2.37. The number of hydrogen-bond acceptors (Lipinski definition) is 0. The van der Waals surface area contributed by atoms with Crippen LogP contribution in [0.25, 0.3) is 60.5 Å². The van der Waals surface area contributed by atoms with Gasteiger partial charge >= 0.3 is 0 Å². The summed E-state index contributed by atoms with van der Waals surface area (Å²) in [6.45, 7) is 9.46. The van der Waals surface area contributed by atoms with Crippen molar-refractivity contribution in [3.8, 4) is 27.9 Å². The third-order valence-corrected chi connectivity index (χ3v) is 10.2. The zero-order valence-electron chi connectivity index (χ0n) is 23.9. The zero-order chi connectivity index (χ0) is 27.7. The van der Waals surface area contributed by atoms with E-state index in [-0.39, 0.29) is 10.8 Å². The van der Waals surface area contributed by atoms with Crippen LogP contribution < -0.4 is 0 Å². The molecule has 0 amide bonds. The smallest absolute Gasteiger partial charge is 0.0547 e. The maximum Gasteiger partial charge on any atom is 0.0547 e. The molecule has 2 aliphatic carbocycles. The van der Waals surface area contributed by atoms with Crippen LogP contribution in [0.15, 0.2) is 115 Å². The van der Waals surface area contributed by atoms with Crippen LogP contribution in [0.2, 0.25) is 0 Å². The summed E-state index contributed by atoms with van der Waals surface area (Å²) in [6.07, 6.45) is 0. The van der Waals surface area contributed by atoms with E-state index in [1.165, 1.54) is 82.8 Å². The molecule has 9 rings (SSSR count). The predicted molar refractivity (Wildman–Crippen MR) is 173 cm³/mol. The molecule has 7 aromatic rings. The molecule has 41 heavy (non-hydrogen) atoms. The lowest BCUT2D eigenvalue weighted by Crippen LogP contribution is -2.15. The minimum Gasteiger partial charge on any atom is -0.309 e. The number of fused-ring (bicyclic) bond motifs is 11. The Kier molecular flexibility index (Phi) is 4.26. The van der Waals surface area contributed by atoms with Gasteiger partial charge in [-0.15, -0.1) is 0 Å². The van der Waals surface area contributed by atoms with Gasteiger partial charge in [0.05, 0.1) is 11.0 Å². The molecule has 196 valence electrons. The summed E-state index contributed by atoms with van der Waals surface area (Å²) in [6, 6.07) is 43.5. The van der Waals surface area contributed by atoms with Crippen LogP contribution in [-0.2, 0) is 10.8 Å². The van der Waals surface area contributed by atoms with Crippen molar-refractivity contribution in [3.63, 3.8) is 0 Å². The quantitative estimate of drug-likeness (QED) is 0.201. The second kappa shape index (κ2) is 7.56. The van der Waals surface area contributed by atoms with Gasteiger partial charge in [-0.25, -0.2) is 0 Å². The fraction of sp³-hybridized carbons (Fsp3) is 0.150. The molecule has 1 heteroatoms. The molecule has 6 aromatic carbocycles. The van der Waals surface area contributed by atoms with Gasteiger partial charge < -0.3 is 4.57 Å². The normalized spacial score (nSPS) is 15.7. The Bertz CT molecular complexity index is 2260. The van der Waals surface area contributed by atoms with Crippen LogP contribution in [0, 0.1) is 0 Å². The second-order valence-corrected chi connectivity index (χ2v) is 13.0. The molecule has 0 saturated heterocycles. The van der Waals surface area contributed by atoms with E-state index in [1.807, 2.05) is 0 Å². The zero-order valence-corrected chi connectivity index (χ0v) is 23.9. The number of aromatic nitrogens is 1. The molecular weight excluding hydrogens is 494 g/mol. The van der Waals surface area contributed by atoms with E-state index >= 15 is 0 Å². The van der Waals surface area contributed by atoms with Gasteiger partial charge in [-0.1, -0.05) is 113 Å². The first-order valence-corrected chi connectivity index (χ1v) is 14.7. The third-order valence-electron chi connectivity index (χ3n) is 10.2. The highest BCUT2D eigenvalue weighted by molar-refractivity contribution is 6.16. The van der Waals surface area contributed by atoms with Crippen molar-refractivity contribution >= 4 is 32.6 Å². The molecule has 0 bridgehead atoms. The topological polar surface area (TPSA) is 4.93 Å². The summed E-state index contributed by atoms with van der Waals surface area (Å²) in [5.74, 6) is 0. The molecule has 1 heterocycles. The maximum absolute atomic E-state index is 2.49. The molecule has 0 atom stereocenters. The van der Waals surface area contributed by atoms with Crippen molar-refractivity contribution in [2.45, 2.75) is 38.5 Å². The Balaban J connectivity index is 1.37. The molecule has 0 saturated carbocycles. The third kappa shape index (κ3) is 2.81. The van der Waals surface area contributed by atoms with E-state index in [4.69, 9.17) is 0 Å². The number of rotatable bonds is 1. The monoisotopic (exact) mass is 525 g/mol. The summed E-state index contributed by atoms with van der Waals surface area (Å²) in [4.78, 5) is 0. The summed E-state index contributed by atoms with van der Waals surface area (Å²) >= 11 is 0. The van der Waals surface area contributed by atoms with Crippen LogP contribution in [0.1, 0.15) is 49.9 Å². The molecular formula is C40H31N. The highest BCUT2D eigenvalue weighted by atomic mass is 15.0. The lowest BCUT2D eigenvalue weighted by molar-refractivity contribution is 0.660. The molecule has 0 spiro atoms. The van der Waals surface area contributed by atoms with Gasteiger partial charge in [0.25, 0.3) is 0 Å². The molecule has 1 aromatic heterocycles. The summed E-state index contributed by atoms with van der Waals surface area (Å²) in [5.41, 5.74) is 14.8. The number of benzene rings is 6. The van der Waals surface area contributed by atoms with Crippen LogP contribution in [-0.4, -0.2) is 4.57 Å². The molecule has 0 fully saturated rings. The number of hydrogen-bond donors (Lipinski definition) is 0. The molecule has 0 N–H and O–H groups in total. The highest BCUT2D eigenvalue weighted by Crippen LogP contribution is 2.52. The average molecular weight is 526 g/mol. The largest absolute Gasteiger partial charge is 0.309 e.